The zero-order valence-corrected chi connectivity index (χ0v) is 20.2. The van der Waals surface area contributed by atoms with Crippen molar-refractivity contribution in [1.29, 1.82) is 0 Å². The van der Waals surface area contributed by atoms with E-state index in [0.717, 1.165) is 17.9 Å². The molecule has 168 valence electrons. The monoisotopic (exact) mass is 437 g/mol. The molecule has 0 spiro atoms. The average Bonchev–Trinajstić information content (AvgIpc) is 2.94. The summed E-state index contributed by atoms with van der Waals surface area (Å²) < 4.78 is 27.8. The van der Waals surface area contributed by atoms with Gasteiger partial charge in [-0.25, -0.2) is 17.7 Å². The highest BCUT2D eigenvalue weighted by molar-refractivity contribution is 7.89. The minimum atomic E-state index is -3.52. The molecule has 1 aromatic carbocycles. The third-order valence-corrected chi connectivity index (χ3v) is 7.38. The Morgan fingerprint density at radius 3 is 2.43 bits per heavy atom. The summed E-state index contributed by atoms with van der Waals surface area (Å²) in [7, 11) is 5.42. The van der Waals surface area contributed by atoms with Crippen LogP contribution in [0.5, 0.6) is 0 Å². The van der Waals surface area contributed by atoms with Crippen LogP contribution in [-0.2, 0) is 28.3 Å². The summed E-state index contributed by atoms with van der Waals surface area (Å²) in [5.74, 6) is 0.733. The number of nitrogens with one attached hydrogen (secondary N) is 1. The molecule has 0 saturated carbocycles. The number of carbonyl (C=O) groups excluding carboxylic acids is 1. The summed E-state index contributed by atoms with van der Waals surface area (Å²) in [6.07, 6.45) is 0.802. The summed E-state index contributed by atoms with van der Waals surface area (Å²) in [6.45, 7) is 7.19. The molecule has 1 N–H and O–H groups in total. The van der Waals surface area contributed by atoms with Gasteiger partial charge in [0, 0.05) is 46.6 Å². The molecule has 0 radical (unpaired) electrons. The summed E-state index contributed by atoms with van der Waals surface area (Å²) in [5.41, 5.74) is 1.39. The maximum Gasteiger partial charge on any atom is 0.242 e. The fraction of sp³-hybridized carbons (Fsp3) is 0.619. The first kappa shape index (κ1) is 24.3. The Morgan fingerprint density at radius 2 is 1.87 bits per heavy atom. The number of hydrogen-bond acceptors (Lipinski definition) is 5. The number of benzene rings is 1. The van der Waals surface area contributed by atoms with Crippen LogP contribution in [0.25, 0.3) is 11.0 Å². The predicted molar refractivity (Wildman–Crippen MR) is 120 cm³/mol. The van der Waals surface area contributed by atoms with Crippen LogP contribution in [0.3, 0.4) is 0 Å². The Morgan fingerprint density at radius 1 is 1.23 bits per heavy atom. The number of carbonyl (C=O) groups is 1. The molecule has 9 heteroatoms. The van der Waals surface area contributed by atoms with Gasteiger partial charge in [0.15, 0.2) is 0 Å². The number of rotatable bonds is 9. The van der Waals surface area contributed by atoms with Gasteiger partial charge in [-0.05, 0) is 44.6 Å². The molecule has 8 nitrogen and oxygen atoms in total. The van der Waals surface area contributed by atoms with Crippen molar-refractivity contribution >= 4 is 27.0 Å². The summed E-state index contributed by atoms with van der Waals surface area (Å²) in [5, 5.41) is 3.10. The van der Waals surface area contributed by atoms with E-state index in [0.29, 0.717) is 18.4 Å². The van der Waals surface area contributed by atoms with Crippen molar-refractivity contribution < 1.29 is 13.2 Å². The lowest BCUT2D eigenvalue weighted by atomic mass is 9.85. The first-order valence-electron chi connectivity index (χ1n) is 10.1. The van der Waals surface area contributed by atoms with Crippen LogP contribution in [0.2, 0.25) is 0 Å². The lowest BCUT2D eigenvalue weighted by Gasteiger charge is -2.34. The largest absolute Gasteiger partial charge is 0.353 e. The second-order valence-corrected chi connectivity index (χ2v) is 11.2. The van der Waals surface area contributed by atoms with Gasteiger partial charge in [0.05, 0.1) is 15.9 Å². The normalized spacial score (nSPS) is 13.9. The van der Waals surface area contributed by atoms with Crippen molar-refractivity contribution in [2.45, 2.75) is 44.6 Å². The zero-order valence-electron chi connectivity index (χ0n) is 19.4. The molecule has 0 bridgehead atoms. The van der Waals surface area contributed by atoms with E-state index in [1.54, 1.807) is 18.2 Å². The van der Waals surface area contributed by atoms with Gasteiger partial charge in [0.2, 0.25) is 15.9 Å². The lowest BCUT2D eigenvalue weighted by molar-refractivity contribution is -0.122. The van der Waals surface area contributed by atoms with E-state index >= 15 is 0 Å². The number of amides is 1. The van der Waals surface area contributed by atoms with Crippen LogP contribution in [0.1, 0.15) is 33.0 Å². The maximum absolute atomic E-state index is 12.5. The highest BCUT2D eigenvalue weighted by Crippen LogP contribution is 2.23. The Balaban J connectivity index is 2.11. The zero-order chi connectivity index (χ0) is 22.9. The third-order valence-electron chi connectivity index (χ3n) is 5.57. The number of imidazole rings is 1. The molecule has 0 aliphatic heterocycles. The summed E-state index contributed by atoms with van der Waals surface area (Å²) in [4.78, 5) is 19.4. The molecule has 0 fully saturated rings. The fourth-order valence-corrected chi connectivity index (χ4v) is 4.43. The molecule has 1 unspecified atom stereocenters. The second kappa shape index (κ2) is 9.03. The van der Waals surface area contributed by atoms with Crippen LogP contribution < -0.4 is 5.32 Å². The van der Waals surface area contributed by atoms with Crippen LogP contribution in [-0.4, -0.2) is 73.9 Å². The third kappa shape index (κ3) is 5.39. The van der Waals surface area contributed by atoms with Crippen LogP contribution >= 0.6 is 0 Å². The van der Waals surface area contributed by atoms with Gasteiger partial charge in [-0.2, -0.15) is 0 Å². The molecule has 0 aliphatic carbocycles. The fourth-order valence-electron chi connectivity index (χ4n) is 3.51. The Bertz CT molecular complexity index is 1010. The highest BCUT2D eigenvalue weighted by atomic mass is 32.2. The predicted octanol–water partition coefficient (Wildman–Crippen LogP) is 1.85. The molecule has 30 heavy (non-hydrogen) atoms. The Labute approximate surface area is 180 Å². The molecule has 1 amide bonds. The minimum Gasteiger partial charge on any atom is -0.353 e. The smallest absolute Gasteiger partial charge is 0.242 e. The topological polar surface area (TPSA) is 87.5 Å². The van der Waals surface area contributed by atoms with Gasteiger partial charge >= 0.3 is 0 Å². The van der Waals surface area contributed by atoms with Crippen molar-refractivity contribution in [3.05, 3.63) is 24.0 Å². The first-order chi connectivity index (χ1) is 13.8. The lowest BCUT2D eigenvalue weighted by Crippen LogP contribution is -2.47. The summed E-state index contributed by atoms with van der Waals surface area (Å²) >= 11 is 0. The van der Waals surface area contributed by atoms with Crippen molar-refractivity contribution in [3.8, 4) is 0 Å². The van der Waals surface area contributed by atoms with E-state index in [1.165, 1.54) is 18.4 Å². The molecular formula is C21H35N5O3S. The van der Waals surface area contributed by atoms with Gasteiger partial charge in [-0.15, -0.1) is 0 Å². The van der Waals surface area contributed by atoms with Gasteiger partial charge in [0.1, 0.15) is 5.82 Å². The van der Waals surface area contributed by atoms with Crippen molar-refractivity contribution in [2.24, 2.45) is 12.5 Å². The summed E-state index contributed by atoms with van der Waals surface area (Å²) in [6, 6.07) is 4.96. The Hall–Kier alpha value is -1.97. The molecule has 2 rings (SSSR count). The van der Waals surface area contributed by atoms with Crippen molar-refractivity contribution in [2.75, 3.05) is 34.7 Å². The van der Waals surface area contributed by atoms with Crippen LogP contribution in [0.15, 0.2) is 23.1 Å². The van der Waals surface area contributed by atoms with Gasteiger partial charge in [0.25, 0.3) is 0 Å². The molecule has 0 saturated heterocycles. The van der Waals surface area contributed by atoms with Gasteiger partial charge in [-0.3, -0.25) is 4.79 Å². The molecule has 2 aromatic rings. The number of hydrogen-bond donors (Lipinski definition) is 1. The number of aromatic nitrogens is 2. The molecule has 1 aromatic heterocycles. The average molecular weight is 438 g/mol. The molecule has 1 heterocycles. The SMILES string of the molecule is CC(NC(=O)CCc1nc2cc(S(=O)(=O)N(C)C)ccc2n1C)C(C)(C)CN(C)C. The standard InChI is InChI=1S/C21H35N5O3S/c1-15(21(2,3)14-24(4)5)22-20(27)12-11-19-23-17-13-16(30(28,29)25(6)7)9-10-18(17)26(19)8/h9-10,13,15H,11-12,14H2,1-8H3,(H,22,27). The highest BCUT2D eigenvalue weighted by Gasteiger charge is 2.28. The van der Waals surface area contributed by atoms with E-state index in [1.807, 2.05) is 32.6 Å². The van der Waals surface area contributed by atoms with Crippen LogP contribution in [0, 0.1) is 5.41 Å². The van der Waals surface area contributed by atoms with E-state index < -0.39 is 10.0 Å². The van der Waals surface area contributed by atoms with Gasteiger partial charge < -0.3 is 14.8 Å². The van der Waals surface area contributed by atoms with Crippen molar-refractivity contribution in [1.82, 2.24) is 24.1 Å². The van der Waals surface area contributed by atoms with E-state index in [-0.39, 0.29) is 22.3 Å². The molecule has 1 atom stereocenters. The van der Waals surface area contributed by atoms with Gasteiger partial charge in [-0.1, -0.05) is 13.8 Å². The molecule has 0 aliphatic rings. The number of fused-ring (bicyclic) bond motifs is 1. The maximum atomic E-state index is 12.5. The van der Waals surface area contributed by atoms with Crippen molar-refractivity contribution in [3.63, 3.8) is 0 Å². The second-order valence-electron chi connectivity index (χ2n) is 9.04. The number of aryl methyl sites for hydroxylation is 2. The Kier molecular flexibility index (Phi) is 7.32. The quantitative estimate of drug-likeness (QED) is 0.647. The van der Waals surface area contributed by atoms with Crippen LogP contribution in [0.4, 0.5) is 0 Å². The number of nitrogens with zero attached hydrogens (tertiary/aromatic N) is 4. The molecular weight excluding hydrogens is 402 g/mol. The number of sulfonamides is 1. The minimum absolute atomic E-state index is 0.0164. The van der Waals surface area contributed by atoms with E-state index in [4.69, 9.17) is 0 Å². The first-order valence-corrected chi connectivity index (χ1v) is 11.5. The van der Waals surface area contributed by atoms with E-state index in [2.05, 4.69) is 29.0 Å². The van der Waals surface area contributed by atoms with E-state index in [9.17, 15) is 13.2 Å².